The Morgan fingerprint density at radius 3 is 2.68 bits per heavy atom. The first-order valence-electron chi connectivity index (χ1n) is 8.53. The van der Waals surface area contributed by atoms with Crippen LogP contribution in [0.25, 0.3) is 0 Å². The van der Waals surface area contributed by atoms with Crippen molar-refractivity contribution >= 4 is 5.91 Å². The van der Waals surface area contributed by atoms with E-state index in [0.717, 1.165) is 6.42 Å². The van der Waals surface area contributed by atoms with Crippen LogP contribution in [-0.2, 0) is 0 Å². The molecule has 1 saturated heterocycles. The van der Waals surface area contributed by atoms with Crippen molar-refractivity contribution in [1.29, 1.82) is 0 Å². The molecule has 0 spiro atoms. The number of hydrogen-bond acceptors (Lipinski definition) is 3. The maximum absolute atomic E-state index is 13.0. The molecule has 0 bridgehead atoms. The summed E-state index contributed by atoms with van der Waals surface area (Å²) in [5.74, 6) is 0.472. The Balaban J connectivity index is 1.89. The molecule has 0 aliphatic carbocycles. The van der Waals surface area contributed by atoms with Gasteiger partial charge in [0.1, 0.15) is 5.75 Å². The summed E-state index contributed by atoms with van der Waals surface area (Å²) in [6.07, 6.45) is 2.37. The van der Waals surface area contributed by atoms with Crippen LogP contribution >= 0.6 is 0 Å². The van der Waals surface area contributed by atoms with Gasteiger partial charge in [-0.15, -0.1) is 0 Å². The summed E-state index contributed by atoms with van der Waals surface area (Å²) in [5, 5.41) is 0. The Kier molecular flexibility index (Phi) is 4.66. The van der Waals surface area contributed by atoms with Gasteiger partial charge in [-0.3, -0.25) is 9.59 Å². The minimum Gasteiger partial charge on any atom is -0.496 e. The molecule has 1 aliphatic rings. The van der Waals surface area contributed by atoms with Crippen LogP contribution in [0.1, 0.15) is 42.1 Å². The van der Waals surface area contributed by atoms with Crippen LogP contribution in [-0.4, -0.2) is 36.0 Å². The van der Waals surface area contributed by atoms with E-state index in [0.29, 0.717) is 24.4 Å². The predicted molar refractivity (Wildman–Crippen MR) is 97.1 cm³/mol. The highest BCUT2D eigenvalue weighted by Crippen LogP contribution is 2.42. The second-order valence-electron chi connectivity index (χ2n) is 7.23. The number of nitrogens with one attached hydrogen (secondary N) is 1. The number of ether oxygens (including phenoxy) is 1. The number of amides is 1. The summed E-state index contributed by atoms with van der Waals surface area (Å²) in [7, 11) is 1.47. The molecule has 1 amide bonds. The molecule has 2 aromatic rings. The average molecular weight is 340 g/mol. The highest BCUT2D eigenvalue weighted by Gasteiger charge is 2.38. The predicted octanol–water partition coefficient (Wildman–Crippen LogP) is 3.04. The SMILES string of the molecule is COc1cc(=O)[nH]cc1C(=O)N1CCC(C)(C)C(c2ccccc2)C1. The Bertz CT molecular complexity index is 811. The molecule has 25 heavy (non-hydrogen) atoms. The zero-order valence-corrected chi connectivity index (χ0v) is 14.9. The Labute approximate surface area is 147 Å². The number of nitrogens with zero attached hydrogens (tertiary/aromatic N) is 1. The second-order valence-corrected chi connectivity index (χ2v) is 7.23. The zero-order chi connectivity index (χ0) is 18.0. The number of benzene rings is 1. The molecule has 5 heteroatoms. The highest BCUT2D eigenvalue weighted by molar-refractivity contribution is 5.96. The van der Waals surface area contributed by atoms with Crippen LogP contribution in [0.15, 0.2) is 47.4 Å². The molecule has 1 aromatic carbocycles. The van der Waals surface area contributed by atoms with Crippen LogP contribution < -0.4 is 10.3 Å². The molecule has 1 aliphatic heterocycles. The van der Waals surface area contributed by atoms with E-state index in [2.05, 4.69) is 31.0 Å². The quantitative estimate of drug-likeness (QED) is 0.934. The fourth-order valence-electron chi connectivity index (χ4n) is 3.54. The molecule has 1 fully saturated rings. The summed E-state index contributed by atoms with van der Waals surface area (Å²) >= 11 is 0. The van der Waals surface area contributed by atoms with Gasteiger partial charge in [0.15, 0.2) is 0 Å². The van der Waals surface area contributed by atoms with Gasteiger partial charge in [0.2, 0.25) is 0 Å². The van der Waals surface area contributed by atoms with E-state index in [4.69, 9.17) is 4.74 Å². The van der Waals surface area contributed by atoms with Gasteiger partial charge in [-0.05, 0) is 17.4 Å². The molecule has 1 aromatic heterocycles. The monoisotopic (exact) mass is 340 g/mol. The third-order valence-electron chi connectivity index (χ3n) is 5.20. The number of H-pyrrole nitrogens is 1. The topological polar surface area (TPSA) is 62.4 Å². The van der Waals surface area contributed by atoms with Crippen molar-refractivity contribution < 1.29 is 9.53 Å². The van der Waals surface area contributed by atoms with E-state index in [1.807, 2.05) is 23.1 Å². The molecular formula is C20H24N2O3. The van der Waals surface area contributed by atoms with E-state index in [1.54, 1.807) is 0 Å². The molecule has 5 nitrogen and oxygen atoms in total. The van der Waals surface area contributed by atoms with E-state index >= 15 is 0 Å². The van der Waals surface area contributed by atoms with Gasteiger partial charge in [-0.1, -0.05) is 44.2 Å². The number of methoxy groups -OCH3 is 1. The average Bonchev–Trinajstić information content (AvgIpc) is 2.61. The highest BCUT2D eigenvalue weighted by atomic mass is 16.5. The number of likely N-dealkylation sites (tertiary alicyclic amines) is 1. The van der Waals surface area contributed by atoms with Gasteiger partial charge in [-0.25, -0.2) is 0 Å². The lowest BCUT2D eigenvalue weighted by molar-refractivity contribution is 0.0564. The molecule has 2 heterocycles. The Morgan fingerprint density at radius 1 is 1.28 bits per heavy atom. The normalized spacial score (nSPS) is 19.5. The first kappa shape index (κ1) is 17.3. The smallest absolute Gasteiger partial charge is 0.259 e. The van der Waals surface area contributed by atoms with Crippen LogP contribution in [0.4, 0.5) is 0 Å². The number of carbonyl (C=O) groups is 1. The third-order valence-corrected chi connectivity index (χ3v) is 5.20. The number of piperidine rings is 1. The lowest BCUT2D eigenvalue weighted by Gasteiger charge is -2.44. The van der Waals surface area contributed by atoms with Crippen molar-refractivity contribution in [1.82, 2.24) is 9.88 Å². The molecule has 0 radical (unpaired) electrons. The van der Waals surface area contributed by atoms with Crippen LogP contribution in [0.3, 0.4) is 0 Å². The van der Waals surface area contributed by atoms with Crippen LogP contribution in [0, 0.1) is 5.41 Å². The molecule has 1 unspecified atom stereocenters. The maximum atomic E-state index is 13.0. The van der Waals surface area contributed by atoms with Gasteiger partial charge in [0, 0.05) is 31.3 Å². The maximum Gasteiger partial charge on any atom is 0.259 e. The number of aromatic amines is 1. The molecular weight excluding hydrogens is 316 g/mol. The largest absolute Gasteiger partial charge is 0.496 e. The van der Waals surface area contributed by atoms with E-state index < -0.39 is 0 Å². The first-order chi connectivity index (χ1) is 11.9. The number of hydrogen-bond donors (Lipinski definition) is 1. The lowest BCUT2D eigenvalue weighted by Crippen LogP contribution is -2.46. The van der Waals surface area contributed by atoms with E-state index in [-0.39, 0.29) is 22.8 Å². The minimum atomic E-state index is -0.282. The van der Waals surface area contributed by atoms with Crippen LogP contribution in [0.2, 0.25) is 0 Å². The third kappa shape index (κ3) is 3.45. The van der Waals surface area contributed by atoms with Gasteiger partial charge in [0.25, 0.3) is 11.5 Å². The molecule has 3 rings (SSSR count). The lowest BCUT2D eigenvalue weighted by atomic mass is 9.70. The summed E-state index contributed by atoms with van der Waals surface area (Å²) in [5.41, 5.74) is 1.48. The summed E-state index contributed by atoms with van der Waals surface area (Å²) in [6, 6.07) is 11.7. The van der Waals surface area contributed by atoms with E-state index in [1.165, 1.54) is 24.9 Å². The minimum absolute atomic E-state index is 0.107. The molecule has 1 N–H and O–H groups in total. The van der Waals surface area contributed by atoms with E-state index in [9.17, 15) is 9.59 Å². The number of pyridine rings is 1. The molecule has 132 valence electrons. The van der Waals surface area contributed by atoms with Crippen molar-refractivity contribution in [2.24, 2.45) is 5.41 Å². The fraction of sp³-hybridized carbons (Fsp3) is 0.400. The van der Waals surface area contributed by atoms with Crippen molar-refractivity contribution in [2.75, 3.05) is 20.2 Å². The van der Waals surface area contributed by atoms with Gasteiger partial charge in [0.05, 0.1) is 12.7 Å². The van der Waals surface area contributed by atoms with Gasteiger partial charge < -0.3 is 14.6 Å². The Hall–Kier alpha value is -2.56. The second kappa shape index (κ2) is 6.75. The standard InChI is InChI=1S/C20H24N2O3/c1-20(2)9-10-22(13-16(20)14-7-5-4-6-8-14)19(24)15-12-21-18(23)11-17(15)25-3/h4-8,11-12,16H,9-10,13H2,1-3H3,(H,21,23). The summed E-state index contributed by atoms with van der Waals surface area (Å²) in [6.45, 7) is 5.86. The van der Waals surface area contributed by atoms with Crippen molar-refractivity contribution in [3.63, 3.8) is 0 Å². The van der Waals surface area contributed by atoms with Gasteiger partial charge in [-0.2, -0.15) is 0 Å². The fourth-order valence-corrected chi connectivity index (χ4v) is 3.54. The zero-order valence-electron chi connectivity index (χ0n) is 14.9. The van der Waals surface area contributed by atoms with Crippen LogP contribution in [0.5, 0.6) is 5.75 Å². The Morgan fingerprint density at radius 2 is 2.00 bits per heavy atom. The first-order valence-corrected chi connectivity index (χ1v) is 8.53. The number of rotatable bonds is 3. The molecule has 1 atom stereocenters. The van der Waals surface area contributed by atoms with Crippen molar-refractivity contribution in [3.05, 3.63) is 64.1 Å². The number of carbonyl (C=O) groups excluding carboxylic acids is 1. The van der Waals surface area contributed by atoms with Crippen molar-refractivity contribution in [2.45, 2.75) is 26.2 Å². The summed E-state index contributed by atoms with van der Waals surface area (Å²) in [4.78, 5) is 28.9. The molecule has 0 saturated carbocycles. The van der Waals surface area contributed by atoms with Gasteiger partial charge >= 0.3 is 0 Å². The van der Waals surface area contributed by atoms with Crippen molar-refractivity contribution in [3.8, 4) is 5.75 Å². The summed E-state index contributed by atoms with van der Waals surface area (Å²) < 4.78 is 5.22. The number of aromatic nitrogens is 1.